The molecule has 2 nitrogen and oxygen atoms in total. The number of nitrogen functional groups attached to an aromatic ring is 1. The van der Waals surface area contributed by atoms with Crippen LogP contribution in [0.2, 0.25) is 0 Å². The average molecular weight is 274 g/mol. The summed E-state index contributed by atoms with van der Waals surface area (Å²) in [6, 6.07) is 13.4. The number of benzene rings is 1. The molecule has 0 radical (unpaired) electrons. The molecular weight excluding hydrogens is 252 g/mol. The summed E-state index contributed by atoms with van der Waals surface area (Å²) in [6.07, 6.45) is 1.10. The minimum absolute atomic E-state index is 0.374. The molecule has 0 amide bonds. The molecule has 1 aromatic heterocycles. The van der Waals surface area contributed by atoms with E-state index in [0.717, 1.165) is 12.1 Å². The molecule has 0 spiro atoms. The highest BCUT2D eigenvalue weighted by Crippen LogP contribution is 2.24. The van der Waals surface area contributed by atoms with E-state index in [-0.39, 0.29) is 0 Å². The molecule has 2 unspecified atom stereocenters. The predicted molar refractivity (Wildman–Crippen MR) is 84.5 cm³/mol. The lowest BCUT2D eigenvalue weighted by Crippen LogP contribution is -2.33. The standard InChI is InChI=1S/C16H22N2S/c1-12(10-16-8-5-9-19-16)18(3)13(2)14-6-4-7-15(17)11-14/h4-9,11-13H,10,17H2,1-3H3. The van der Waals surface area contributed by atoms with E-state index < -0.39 is 0 Å². The van der Waals surface area contributed by atoms with Crippen molar-refractivity contribution >= 4 is 17.0 Å². The van der Waals surface area contributed by atoms with Crippen molar-refractivity contribution in [3.63, 3.8) is 0 Å². The van der Waals surface area contributed by atoms with Gasteiger partial charge in [-0.25, -0.2) is 0 Å². The number of anilines is 1. The van der Waals surface area contributed by atoms with Crippen LogP contribution in [0.3, 0.4) is 0 Å². The predicted octanol–water partition coefficient (Wildman–Crippen LogP) is 3.95. The number of nitrogens with two attached hydrogens (primary N) is 1. The lowest BCUT2D eigenvalue weighted by Gasteiger charge is -2.31. The van der Waals surface area contributed by atoms with E-state index in [1.165, 1.54) is 10.4 Å². The molecule has 0 saturated carbocycles. The zero-order chi connectivity index (χ0) is 13.8. The number of thiophene rings is 1. The van der Waals surface area contributed by atoms with E-state index in [4.69, 9.17) is 5.73 Å². The van der Waals surface area contributed by atoms with Gasteiger partial charge in [0.25, 0.3) is 0 Å². The molecule has 0 aliphatic carbocycles. The first-order chi connectivity index (χ1) is 9.08. The van der Waals surface area contributed by atoms with Gasteiger partial charge >= 0.3 is 0 Å². The van der Waals surface area contributed by atoms with Gasteiger partial charge in [0.15, 0.2) is 0 Å². The van der Waals surface area contributed by atoms with Gasteiger partial charge in [-0.05, 0) is 56.5 Å². The Bertz CT molecular complexity index is 507. The fourth-order valence-corrected chi connectivity index (χ4v) is 3.13. The Morgan fingerprint density at radius 3 is 2.63 bits per heavy atom. The van der Waals surface area contributed by atoms with Crippen LogP contribution >= 0.6 is 11.3 Å². The van der Waals surface area contributed by atoms with Crippen LogP contribution in [0.25, 0.3) is 0 Å². The van der Waals surface area contributed by atoms with Crippen LogP contribution in [0, 0.1) is 0 Å². The topological polar surface area (TPSA) is 29.3 Å². The van der Waals surface area contributed by atoms with Crippen LogP contribution in [-0.4, -0.2) is 18.0 Å². The molecule has 0 saturated heterocycles. The van der Waals surface area contributed by atoms with Crippen molar-refractivity contribution in [2.75, 3.05) is 12.8 Å². The second-order valence-electron chi connectivity index (χ2n) is 5.14. The minimum Gasteiger partial charge on any atom is -0.399 e. The van der Waals surface area contributed by atoms with E-state index in [0.29, 0.717) is 12.1 Å². The molecule has 2 rings (SSSR count). The van der Waals surface area contributed by atoms with Crippen LogP contribution in [0.1, 0.15) is 30.3 Å². The van der Waals surface area contributed by atoms with Gasteiger partial charge in [-0.2, -0.15) is 0 Å². The summed E-state index contributed by atoms with van der Waals surface area (Å²) in [5.41, 5.74) is 7.98. The molecule has 102 valence electrons. The Morgan fingerprint density at radius 2 is 2.00 bits per heavy atom. The first kappa shape index (κ1) is 14.1. The molecule has 2 atom stereocenters. The van der Waals surface area contributed by atoms with E-state index in [1.807, 2.05) is 23.5 Å². The molecule has 0 aliphatic rings. The van der Waals surface area contributed by atoms with Crippen LogP contribution in [-0.2, 0) is 6.42 Å². The van der Waals surface area contributed by atoms with E-state index in [2.05, 4.69) is 55.4 Å². The highest BCUT2D eigenvalue weighted by molar-refractivity contribution is 7.09. The summed E-state index contributed by atoms with van der Waals surface area (Å²) in [5.74, 6) is 0. The third kappa shape index (κ3) is 3.58. The Morgan fingerprint density at radius 1 is 1.21 bits per heavy atom. The number of rotatable bonds is 5. The van der Waals surface area contributed by atoms with Crippen molar-refractivity contribution in [3.05, 3.63) is 52.2 Å². The van der Waals surface area contributed by atoms with Crippen molar-refractivity contribution < 1.29 is 0 Å². The Labute approximate surface area is 119 Å². The van der Waals surface area contributed by atoms with Gasteiger partial charge in [0.2, 0.25) is 0 Å². The number of hydrogen-bond acceptors (Lipinski definition) is 3. The van der Waals surface area contributed by atoms with Gasteiger partial charge in [0, 0.05) is 22.6 Å². The summed E-state index contributed by atoms with van der Waals surface area (Å²) in [6.45, 7) is 4.52. The number of likely N-dealkylation sites (N-methyl/N-ethyl adjacent to an activating group) is 1. The van der Waals surface area contributed by atoms with Crippen molar-refractivity contribution in [1.82, 2.24) is 4.90 Å². The molecule has 2 aromatic rings. The fraction of sp³-hybridized carbons (Fsp3) is 0.375. The maximum Gasteiger partial charge on any atom is 0.0320 e. The lowest BCUT2D eigenvalue weighted by atomic mass is 10.0. The smallest absolute Gasteiger partial charge is 0.0320 e. The summed E-state index contributed by atoms with van der Waals surface area (Å²) in [4.78, 5) is 3.85. The normalized spacial score (nSPS) is 14.5. The first-order valence-electron chi connectivity index (χ1n) is 6.67. The highest BCUT2D eigenvalue weighted by atomic mass is 32.1. The van der Waals surface area contributed by atoms with Gasteiger partial charge in [-0.3, -0.25) is 4.90 Å². The third-order valence-electron chi connectivity index (χ3n) is 3.78. The van der Waals surface area contributed by atoms with Gasteiger partial charge < -0.3 is 5.73 Å². The van der Waals surface area contributed by atoms with Gasteiger partial charge in [0.1, 0.15) is 0 Å². The maximum absolute atomic E-state index is 5.87. The lowest BCUT2D eigenvalue weighted by molar-refractivity contribution is 0.197. The van der Waals surface area contributed by atoms with Crippen molar-refractivity contribution in [1.29, 1.82) is 0 Å². The maximum atomic E-state index is 5.87. The summed E-state index contributed by atoms with van der Waals surface area (Å²) in [7, 11) is 2.19. The molecule has 3 heteroatoms. The zero-order valence-corrected chi connectivity index (χ0v) is 12.7. The van der Waals surface area contributed by atoms with E-state index in [1.54, 1.807) is 0 Å². The Kier molecular flexibility index (Phi) is 4.61. The van der Waals surface area contributed by atoms with E-state index in [9.17, 15) is 0 Å². The quantitative estimate of drug-likeness (QED) is 0.836. The van der Waals surface area contributed by atoms with Gasteiger partial charge in [0.05, 0.1) is 0 Å². The molecule has 1 heterocycles. The Balaban J connectivity index is 2.04. The van der Waals surface area contributed by atoms with Crippen LogP contribution in [0.4, 0.5) is 5.69 Å². The molecule has 0 fully saturated rings. The van der Waals surface area contributed by atoms with Crippen molar-refractivity contribution in [3.8, 4) is 0 Å². The third-order valence-corrected chi connectivity index (χ3v) is 4.67. The summed E-state index contributed by atoms with van der Waals surface area (Å²) >= 11 is 1.83. The molecular formula is C16H22N2S. The molecule has 19 heavy (non-hydrogen) atoms. The summed E-state index contributed by atoms with van der Waals surface area (Å²) in [5, 5.41) is 2.14. The van der Waals surface area contributed by atoms with Crippen LogP contribution in [0.5, 0.6) is 0 Å². The molecule has 2 N–H and O–H groups in total. The molecule has 0 aliphatic heterocycles. The Hall–Kier alpha value is -1.32. The van der Waals surface area contributed by atoms with Gasteiger partial charge in [-0.15, -0.1) is 11.3 Å². The van der Waals surface area contributed by atoms with Crippen molar-refractivity contribution in [2.45, 2.75) is 32.4 Å². The highest BCUT2D eigenvalue weighted by Gasteiger charge is 2.18. The average Bonchev–Trinajstić information content (AvgIpc) is 2.89. The zero-order valence-electron chi connectivity index (χ0n) is 11.8. The van der Waals surface area contributed by atoms with Crippen LogP contribution < -0.4 is 5.73 Å². The molecule has 0 bridgehead atoms. The fourth-order valence-electron chi connectivity index (χ4n) is 2.30. The molecule has 1 aromatic carbocycles. The van der Waals surface area contributed by atoms with Crippen LogP contribution in [0.15, 0.2) is 41.8 Å². The SMILES string of the molecule is CC(Cc1cccs1)N(C)C(C)c1cccc(N)c1. The summed E-state index contributed by atoms with van der Waals surface area (Å²) < 4.78 is 0. The largest absolute Gasteiger partial charge is 0.399 e. The van der Waals surface area contributed by atoms with Crippen molar-refractivity contribution in [2.24, 2.45) is 0 Å². The van der Waals surface area contributed by atoms with Gasteiger partial charge in [-0.1, -0.05) is 18.2 Å². The second kappa shape index (κ2) is 6.22. The second-order valence-corrected chi connectivity index (χ2v) is 6.18. The minimum atomic E-state index is 0.374. The number of hydrogen-bond donors (Lipinski definition) is 1. The first-order valence-corrected chi connectivity index (χ1v) is 7.55. The monoisotopic (exact) mass is 274 g/mol. The number of nitrogens with zero attached hydrogens (tertiary/aromatic N) is 1. The van der Waals surface area contributed by atoms with E-state index >= 15 is 0 Å².